The average molecular weight is 286 g/mol. The van der Waals surface area contributed by atoms with Gasteiger partial charge < -0.3 is 15.0 Å². The van der Waals surface area contributed by atoms with Gasteiger partial charge in [-0.15, -0.1) is 0 Å². The van der Waals surface area contributed by atoms with Gasteiger partial charge >= 0.3 is 0 Å². The van der Waals surface area contributed by atoms with Crippen molar-refractivity contribution < 1.29 is 4.74 Å². The molecule has 1 aromatic rings. The largest absolute Gasteiger partial charge is 0.374 e. The molecule has 3 heteroatoms. The molecule has 2 atom stereocenters. The zero-order valence-corrected chi connectivity index (χ0v) is 13.0. The van der Waals surface area contributed by atoms with Gasteiger partial charge in [-0.3, -0.25) is 0 Å². The third kappa shape index (κ3) is 2.82. The van der Waals surface area contributed by atoms with Gasteiger partial charge in [-0.1, -0.05) is 17.7 Å². The van der Waals surface area contributed by atoms with Crippen molar-refractivity contribution in [1.29, 1.82) is 0 Å². The second kappa shape index (κ2) is 5.62. The Balaban J connectivity index is 1.59. The molecule has 1 saturated heterocycles. The fourth-order valence-corrected chi connectivity index (χ4v) is 3.90. The maximum atomic E-state index is 5.97. The quantitative estimate of drug-likeness (QED) is 0.921. The van der Waals surface area contributed by atoms with Gasteiger partial charge in [0.1, 0.15) is 0 Å². The van der Waals surface area contributed by atoms with Gasteiger partial charge in [-0.2, -0.15) is 0 Å². The van der Waals surface area contributed by atoms with Gasteiger partial charge in [0.25, 0.3) is 0 Å². The lowest BCUT2D eigenvalue weighted by Gasteiger charge is -2.40. The number of fused-ring (bicyclic) bond motifs is 1. The van der Waals surface area contributed by atoms with Crippen molar-refractivity contribution in [1.82, 2.24) is 5.32 Å². The van der Waals surface area contributed by atoms with E-state index in [-0.39, 0.29) is 0 Å². The van der Waals surface area contributed by atoms with Crippen LogP contribution in [0.4, 0.5) is 5.69 Å². The monoisotopic (exact) mass is 286 g/mol. The van der Waals surface area contributed by atoms with Crippen LogP contribution in [0.1, 0.15) is 43.2 Å². The zero-order chi connectivity index (χ0) is 14.2. The van der Waals surface area contributed by atoms with E-state index in [4.69, 9.17) is 4.74 Å². The van der Waals surface area contributed by atoms with E-state index >= 15 is 0 Å². The maximum Gasteiger partial charge on any atom is 0.0779 e. The van der Waals surface area contributed by atoms with Crippen LogP contribution in [0.25, 0.3) is 0 Å². The Labute approximate surface area is 127 Å². The predicted molar refractivity (Wildman–Crippen MR) is 85.8 cm³/mol. The molecule has 1 aromatic carbocycles. The van der Waals surface area contributed by atoms with Crippen molar-refractivity contribution in [2.45, 2.75) is 63.8 Å². The summed E-state index contributed by atoms with van der Waals surface area (Å²) in [5.41, 5.74) is 4.27. The Morgan fingerprint density at radius 1 is 1.24 bits per heavy atom. The number of hydrogen-bond donors (Lipinski definition) is 1. The van der Waals surface area contributed by atoms with Crippen molar-refractivity contribution in [3.63, 3.8) is 0 Å². The molecule has 1 N–H and O–H groups in total. The molecule has 3 fully saturated rings. The van der Waals surface area contributed by atoms with E-state index < -0.39 is 0 Å². The second-order valence-electron chi connectivity index (χ2n) is 6.89. The normalized spacial score (nSPS) is 28.7. The van der Waals surface area contributed by atoms with Gasteiger partial charge in [0, 0.05) is 24.8 Å². The Morgan fingerprint density at radius 3 is 3.00 bits per heavy atom. The fraction of sp³-hybridized carbons (Fsp3) is 0.667. The summed E-state index contributed by atoms with van der Waals surface area (Å²) in [6.07, 6.45) is 7.00. The van der Waals surface area contributed by atoms with Crippen LogP contribution in [0.2, 0.25) is 0 Å². The molecule has 0 radical (unpaired) electrons. The first kappa shape index (κ1) is 13.6. The van der Waals surface area contributed by atoms with Crippen LogP contribution in [-0.2, 0) is 11.3 Å². The number of hydrogen-bond acceptors (Lipinski definition) is 3. The smallest absolute Gasteiger partial charge is 0.0779 e. The molecule has 2 unspecified atom stereocenters. The van der Waals surface area contributed by atoms with E-state index in [1.807, 2.05) is 0 Å². The first-order valence-corrected chi connectivity index (χ1v) is 8.52. The lowest BCUT2D eigenvalue weighted by Crippen LogP contribution is -2.49. The summed E-state index contributed by atoms with van der Waals surface area (Å²) in [5, 5.41) is 3.68. The number of benzene rings is 1. The van der Waals surface area contributed by atoms with E-state index in [9.17, 15) is 0 Å². The minimum absolute atomic E-state index is 0.462. The predicted octanol–water partition coefficient (Wildman–Crippen LogP) is 3.00. The van der Waals surface area contributed by atoms with Crippen LogP contribution in [-0.4, -0.2) is 31.3 Å². The van der Waals surface area contributed by atoms with E-state index in [1.165, 1.54) is 48.9 Å². The zero-order valence-electron chi connectivity index (χ0n) is 13.0. The van der Waals surface area contributed by atoms with Crippen LogP contribution >= 0.6 is 0 Å². The third-order valence-electron chi connectivity index (χ3n) is 5.19. The molecular weight excluding hydrogens is 260 g/mol. The Morgan fingerprint density at radius 2 is 2.14 bits per heavy atom. The van der Waals surface area contributed by atoms with Gasteiger partial charge in [0.05, 0.1) is 18.8 Å². The highest BCUT2D eigenvalue weighted by atomic mass is 16.5. The van der Waals surface area contributed by atoms with Crippen molar-refractivity contribution in [2.24, 2.45) is 0 Å². The number of nitrogens with zero attached hydrogens (tertiary/aromatic N) is 1. The highest BCUT2D eigenvalue weighted by Crippen LogP contribution is 2.35. The molecule has 3 nitrogen and oxygen atoms in total. The third-order valence-corrected chi connectivity index (χ3v) is 5.19. The number of rotatable bonds is 4. The minimum Gasteiger partial charge on any atom is -0.374 e. The topological polar surface area (TPSA) is 24.5 Å². The lowest BCUT2D eigenvalue weighted by molar-refractivity contribution is 0.0256. The van der Waals surface area contributed by atoms with Crippen molar-refractivity contribution >= 4 is 5.69 Å². The van der Waals surface area contributed by atoms with Crippen molar-refractivity contribution in [2.75, 3.05) is 18.1 Å². The maximum absolute atomic E-state index is 5.97. The highest BCUT2D eigenvalue weighted by Gasteiger charge is 2.36. The molecular formula is C18H26N2O. The summed E-state index contributed by atoms with van der Waals surface area (Å²) >= 11 is 0. The summed E-state index contributed by atoms with van der Waals surface area (Å²) in [6, 6.07) is 8.32. The minimum atomic E-state index is 0.462. The summed E-state index contributed by atoms with van der Waals surface area (Å²) in [7, 11) is 0. The van der Waals surface area contributed by atoms with Gasteiger partial charge in [0.15, 0.2) is 0 Å². The molecule has 0 bridgehead atoms. The van der Waals surface area contributed by atoms with Crippen LogP contribution in [0.5, 0.6) is 0 Å². The number of aryl methyl sites for hydroxylation is 1. The number of anilines is 1. The Hall–Kier alpha value is -1.06. The second-order valence-corrected chi connectivity index (χ2v) is 6.89. The summed E-state index contributed by atoms with van der Waals surface area (Å²) in [5.74, 6) is 0. The average Bonchev–Trinajstić information content (AvgIpc) is 3.20. The first-order valence-electron chi connectivity index (χ1n) is 8.52. The van der Waals surface area contributed by atoms with Gasteiger partial charge in [0.2, 0.25) is 0 Å². The summed E-state index contributed by atoms with van der Waals surface area (Å²) < 4.78 is 5.97. The Kier molecular flexibility index (Phi) is 3.64. The molecule has 3 aliphatic rings. The standard InChI is InChI=1S/C18H26N2O/c1-13-5-8-16(14(11-13)12-19-15-6-7-15)20-9-10-21-18-4-2-3-17(18)20/h5,8,11,15,17-19H,2-4,6-7,9-10,12H2,1H3. The number of nitrogens with one attached hydrogen (secondary N) is 1. The van der Waals surface area contributed by atoms with Gasteiger partial charge in [-0.25, -0.2) is 0 Å². The molecule has 4 rings (SSSR count). The molecule has 0 spiro atoms. The van der Waals surface area contributed by atoms with E-state index in [2.05, 4.69) is 35.3 Å². The SMILES string of the molecule is Cc1ccc(N2CCOC3CCCC32)c(CNC2CC2)c1. The molecule has 0 amide bonds. The van der Waals surface area contributed by atoms with E-state index in [0.29, 0.717) is 12.1 Å². The van der Waals surface area contributed by atoms with Crippen LogP contribution < -0.4 is 10.2 Å². The van der Waals surface area contributed by atoms with Crippen LogP contribution in [0.15, 0.2) is 18.2 Å². The van der Waals surface area contributed by atoms with Gasteiger partial charge in [-0.05, 0) is 50.7 Å². The van der Waals surface area contributed by atoms with Crippen LogP contribution in [0.3, 0.4) is 0 Å². The molecule has 1 heterocycles. The summed E-state index contributed by atoms with van der Waals surface area (Å²) in [6.45, 7) is 5.13. The lowest BCUT2D eigenvalue weighted by atomic mass is 10.0. The Bertz CT molecular complexity index is 512. The number of morpholine rings is 1. The summed E-state index contributed by atoms with van der Waals surface area (Å²) in [4.78, 5) is 2.63. The molecule has 1 aliphatic heterocycles. The molecule has 2 aliphatic carbocycles. The van der Waals surface area contributed by atoms with E-state index in [1.54, 1.807) is 0 Å². The molecule has 114 valence electrons. The van der Waals surface area contributed by atoms with E-state index in [0.717, 1.165) is 25.7 Å². The van der Waals surface area contributed by atoms with Crippen molar-refractivity contribution in [3.05, 3.63) is 29.3 Å². The van der Waals surface area contributed by atoms with Crippen molar-refractivity contribution in [3.8, 4) is 0 Å². The van der Waals surface area contributed by atoms with Crippen LogP contribution in [0, 0.1) is 6.92 Å². The first-order chi connectivity index (χ1) is 10.3. The number of ether oxygens (including phenoxy) is 1. The molecule has 2 saturated carbocycles. The molecule has 0 aromatic heterocycles. The fourth-order valence-electron chi connectivity index (χ4n) is 3.90. The highest BCUT2D eigenvalue weighted by molar-refractivity contribution is 5.56. The molecule has 21 heavy (non-hydrogen) atoms.